The first-order chi connectivity index (χ1) is 12.0. The second-order valence-corrected chi connectivity index (χ2v) is 6.75. The van der Waals surface area contributed by atoms with E-state index in [9.17, 15) is 18.2 Å². The van der Waals surface area contributed by atoms with Crippen molar-refractivity contribution in [3.05, 3.63) is 66.0 Å². The highest BCUT2D eigenvalue weighted by molar-refractivity contribution is 7.85. The zero-order valence-electron chi connectivity index (χ0n) is 13.6. The summed E-state index contributed by atoms with van der Waals surface area (Å²) in [5, 5.41) is 2.44. The van der Waals surface area contributed by atoms with E-state index in [-0.39, 0.29) is 17.7 Å². The van der Waals surface area contributed by atoms with Crippen molar-refractivity contribution in [2.75, 3.05) is 12.9 Å². The molecule has 0 spiro atoms. The van der Waals surface area contributed by atoms with Crippen molar-refractivity contribution in [3.8, 4) is 0 Å². The van der Waals surface area contributed by atoms with Crippen LogP contribution in [0.4, 0.5) is 4.39 Å². The van der Waals surface area contributed by atoms with Gasteiger partial charge in [-0.05, 0) is 30.7 Å². The monoisotopic (exact) mass is 363 g/mol. The molecule has 2 rings (SSSR count). The molecule has 0 bridgehead atoms. The number of hydrogen-bond acceptors (Lipinski definition) is 4. The van der Waals surface area contributed by atoms with E-state index >= 15 is 0 Å². The quantitative estimate of drug-likeness (QED) is 0.766. The highest BCUT2D eigenvalue weighted by atomic mass is 32.2. The first-order valence-electron chi connectivity index (χ1n) is 7.59. The first-order valence-corrected chi connectivity index (χ1v) is 8.91. The molecular formula is C18H18FNO4S. The maximum absolute atomic E-state index is 13.7. The first kappa shape index (κ1) is 18.8. The Kier molecular flexibility index (Phi) is 6.82. The minimum atomic E-state index is -1.32. The number of carbonyl (C=O) groups excluding carboxylic acids is 2. The predicted molar refractivity (Wildman–Crippen MR) is 92.0 cm³/mol. The van der Waals surface area contributed by atoms with E-state index in [1.54, 1.807) is 24.3 Å². The minimum absolute atomic E-state index is 0.106. The Bertz CT molecular complexity index is 767. The third kappa shape index (κ3) is 5.22. The highest BCUT2D eigenvalue weighted by Crippen LogP contribution is 2.10. The fraction of sp³-hybridized carbons (Fsp3) is 0.222. The number of amides is 1. The van der Waals surface area contributed by atoms with Crippen molar-refractivity contribution < 1.29 is 22.9 Å². The lowest BCUT2D eigenvalue weighted by atomic mass is 10.1. The van der Waals surface area contributed by atoms with E-state index in [2.05, 4.69) is 10.1 Å². The number of carbonyl (C=O) groups is 2. The molecule has 2 aromatic rings. The summed E-state index contributed by atoms with van der Waals surface area (Å²) >= 11 is 0. The molecule has 0 radical (unpaired) electrons. The summed E-state index contributed by atoms with van der Waals surface area (Å²) in [6.45, 7) is 0. The Labute approximate surface area is 147 Å². The van der Waals surface area contributed by atoms with Gasteiger partial charge in [0.05, 0.1) is 23.5 Å². The fourth-order valence-electron chi connectivity index (χ4n) is 2.19. The third-order valence-electron chi connectivity index (χ3n) is 3.51. The molecule has 0 saturated carbocycles. The van der Waals surface area contributed by atoms with Crippen LogP contribution in [0.15, 0.2) is 59.5 Å². The van der Waals surface area contributed by atoms with Crippen molar-refractivity contribution in [2.45, 2.75) is 17.4 Å². The molecule has 0 aliphatic rings. The van der Waals surface area contributed by atoms with Gasteiger partial charge in [0.15, 0.2) is 0 Å². The van der Waals surface area contributed by atoms with E-state index in [0.717, 1.165) is 6.07 Å². The van der Waals surface area contributed by atoms with Crippen molar-refractivity contribution in [1.29, 1.82) is 0 Å². The number of esters is 1. The van der Waals surface area contributed by atoms with Crippen LogP contribution in [0.3, 0.4) is 0 Å². The van der Waals surface area contributed by atoms with Gasteiger partial charge in [0, 0.05) is 10.6 Å². The normalized spacial score (nSPS) is 12.9. The summed E-state index contributed by atoms with van der Waals surface area (Å²) in [6, 6.07) is 13.3. The van der Waals surface area contributed by atoms with E-state index in [4.69, 9.17) is 0 Å². The standard InChI is InChI=1S/C18H18FNO4S/c1-24-18(22)16(11-12-25(23)13-7-3-2-4-8-13)20-17(21)14-9-5-6-10-15(14)19/h2-10,16H,11-12H2,1H3,(H,20,21)/t16-,25+/m1/s1. The van der Waals surface area contributed by atoms with Crippen molar-refractivity contribution in [3.63, 3.8) is 0 Å². The Balaban J connectivity index is 2.04. The van der Waals surface area contributed by atoms with Crippen LogP contribution in [0, 0.1) is 5.82 Å². The largest absolute Gasteiger partial charge is 0.467 e. The van der Waals surface area contributed by atoms with E-state index < -0.39 is 34.5 Å². The minimum Gasteiger partial charge on any atom is -0.467 e. The average Bonchev–Trinajstić information content (AvgIpc) is 2.65. The number of halogens is 1. The smallest absolute Gasteiger partial charge is 0.328 e. The summed E-state index contributed by atoms with van der Waals surface area (Å²) < 4.78 is 30.6. The molecule has 132 valence electrons. The van der Waals surface area contributed by atoms with E-state index in [1.807, 2.05) is 6.07 Å². The molecule has 0 saturated heterocycles. The van der Waals surface area contributed by atoms with Gasteiger partial charge in [0.25, 0.3) is 5.91 Å². The Hall–Kier alpha value is -2.54. The summed E-state index contributed by atoms with van der Waals surface area (Å²) in [5.41, 5.74) is -0.166. The molecule has 0 aliphatic carbocycles. The SMILES string of the molecule is COC(=O)[C@@H](CC[S@](=O)c1ccccc1)NC(=O)c1ccccc1F. The second kappa shape index (κ2) is 9.08. The molecule has 25 heavy (non-hydrogen) atoms. The topological polar surface area (TPSA) is 72.5 Å². The lowest BCUT2D eigenvalue weighted by Crippen LogP contribution is -2.42. The van der Waals surface area contributed by atoms with Gasteiger partial charge in [-0.25, -0.2) is 9.18 Å². The number of benzene rings is 2. The Morgan fingerprint density at radius 2 is 1.76 bits per heavy atom. The fourth-order valence-corrected chi connectivity index (χ4v) is 3.33. The Morgan fingerprint density at radius 1 is 1.12 bits per heavy atom. The van der Waals surface area contributed by atoms with Crippen LogP contribution in [-0.4, -0.2) is 35.0 Å². The van der Waals surface area contributed by atoms with Crippen molar-refractivity contribution in [1.82, 2.24) is 5.32 Å². The third-order valence-corrected chi connectivity index (χ3v) is 4.91. The molecule has 2 aromatic carbocycles. The van der Waals surface area contributed by atoms with Crippen LogP contribution in [0.25, 0.3) is 0 Å². The molecule has 1 amide bonds. The van der Waals surface area contributed by atoms with Crippen LogP contribution in [0.5, 0.6) is 0 Å². The number of ether oxygens (including phenoxy) is 1. The van der Waals surface area contributed by atoms with E-state index in [1.165, 1.54) is 25.3 Å². The molecule has 2 atom stereocenters. The second-order valence-electron chi connectivity index (χ2n) is 5.18. The zero-order chi connectivity index (χ0) is 18.2. The lowest BCUT2D eigenvalue weighted by Gasteiger charge is -2.16. The molecule has 0 aromatic heterocycles. The Morgan fingerprint density at radius 3 is 2.40 bits per heavy atom. The summed E-state index contributed by atoms with van der Waals surface area (Å²) in [5.74, 6) is -1.92. The molecule has 1 N–H and O–H groups in total. The molecule has 0 fully saturated rings. The summed E-state index contributed by atoms with van der Waals surface area (Å²) in [7, 11) is -0.126. The van der Waals surface area contributed by atoms with Crippen LogP contribution in [-0.2, 0) is 20.3 Å². The van der Waals surface area contributed by atoms with Crippen LogP contribution < -0.4 is 5.32 Å². The van der Waals surface area contributed by atoms with Crippen molar-refractivity contribution in [2.24, 2.45) is 0 Å². The molecular weight excluding hydrogens is 345 g/mol. The van der Waals surface area contributed by atoms with Gasteiger partial charge in [-0.2, -0.15) is 0 Å². The maximum Gasteiger partial charge on any atom is 0.328 e. The maximum atomic E-state index is 13.7. The number of methoxy groups -OCH3 is 1. The average molecular weight is 363 g/mol. The van der Waals surface area contributed by atoms with Crippen LogP contribution in [0.1, 0.15) is 16.8 Å². The predicted octanol–water partition coefficient (Wildman–Crippen LogP) is 2.30. The highest BCUT2D eigenvalue weighted by Gasteiger charge is 2.24. The van der Waals surface area contributed by atoms with Crippen LogP contribution in [0.2, 0.25) is 0 Å². The molecule has 5 nitrogen and oxygen atoms in total. The number of hydrogen-bond donors (Lipinski definition) is 1. The van der Waals surface area contributed by atoms with Crippen LogP contribution >= 0.6 is 0 Å². The molecule has 0 heterocycles. The summed E-state index contributed by atoms with van der Waals surface area (Å²) in [6.07, 6.45) is 0.106. The lowest BCUT2D eigenvalue weighted by molar-refractivity contribution is -0.142. The number of rotatable bonds is 7. The summed E-state index contributed by atoms with van der Waals surface area (Å²) in [4.78, 5) is 24.7. The van der Waals surface area contributed by atoms with Gasteiger partial charge >= 0.3 is 5.97 Å². The van der Waals surface area contributed by atoms with Crippen molar-refractivity contribution >= 4 is 22.7 Å². The zero-order valence-corrected chi connectivity index (χ0v) is 14.4. The van der Waals surface area contributed by atoms with Gasteiger partial charge in [-0.15, -0.1) is 0 Å². The van der Waals surface area contributed by atoms with Gasteiger partial charge in [-0.1, -0.05) is 30.3 Å². The molecule has 0 unspecified atom stereocenters. The van der Waals surface area contributed by atoms with Gasteiger partial charge < -0.3 is 10.1 Å². The molecule has 0 aliphatic heterocycles. The molecule has 7 heteroatoms. The number of nitrogens with one attached hydrogen (secondary N) is 1. The van der Waals surface area contributed by atoms with E-state index in [0.29, 0.717) is 4.90 Å². The van der Waals surface area contributed by atoms with Gasteiger partial charge in [-0.3, -0.25) is 9.00 Å². The van der Waals surface area contributed by atoms with Gasteiger partial charge in [0.1, 0.15) is 11.9 Å². The van der Waals surface area contributed by atoms with Gasteiger partial charge in [0.2, 0.25) is 0 Å².